The van der Waals surface area contributed by atoms with E-state index in [1.165, 1.54) is 4.68 Å². The van der Waals surface area contributed by atoms with Crippen molar-refractivity contribution in [3.63, 3.8) is 0 Å². The van der Waals surface area contributed by atoms with Gasteiger partial charge in [-0.1, -0.05) is 28.1 Å². The first-order valence-corrected chi connectivity index (χ1v) is 9.66. The van der Waals surface area contributed by atoms with E-state index in [2.05, 4.69) is 36.9 Å². The van der Waals surface area contributed by atoms with Crippen LogP contribution in [-0.4, -0.2) is 42.4 Å². The second kappa shape index (κ2) is 8.87. The molecule has 1 heterocycles. The van der Waals surface area contributed by atoms with Gasteiger partial charge in [0.15, 0.2) is 0 Å². The monoisotopic (exact) mass is 456 g/mol. The highest BCUT2D eigenvalue weighted by atomic mass is 79.9. The fourth-order valence-corrected chi connectivity index (χ4v) is 3.04. The number of hydrogen-bond donors (Lipinski definition) is 2. The average molecular weight is 457 g/mol. The SMILES string of the molecule is Cc1nc2ccc(Br)cc2c(=O)n1NCC(=O)N/N=C/c1ccc(N(C)C)cc1. The van der Waals surface area contributed by atoms with Crippen LogP contribution < -0.4 is 21.3 Å². The third-order valence-corrected chi connectivity index (χ3v) is 4.70. The summed E-state index contributed by atoms with van der Waals surface area (Å²) < 4.78 is 2.04. The lowest BCUT2D eigenvalue weighted by Crippen LogP contribution is -2.37. The Morgan fingerprint density at radius 1 is 1.24 bits per heavy atom. The molecule has 0 unspecified atom stereocenters. The molecule has 2 N–H and O–H groups in total. The van der Waals surface area contributed by atoms with Gasteiger partial charge in [-0.2, -0.15) is 5.10 Å². The van der Waals surface area contributed by atoms with Gasteiger partial charge in [0.1, 0.15) is 12.4 Å². The predicted octanol–water partition coefficient (Wildman–Crippen LogP) is 2.23. The lowest BCUT2D eigenvalue weighted by Gasteiger charge is -2.12. The molecule has 1 amide bonds. The van der Waals surface area contributed by atoms with Gasteiger partial charge >= 0.3 is 0 Å². The summed E-state index contributed by atoms with van der Waals surface area (Å²) in [6.07, 6.45) is 1.56. The smallest absolute Gasteiger partial charge is 0.279 e. The number of carbonyl (C=O) groups is 1. The highest BCUT2D eigenvalue weighted by Gasteiger charge is 2.09. The molecular weight excluding hydrogens is 436 g/mol. The van der Waals surface area contributed by atoms with Crippen LogP contribution in [0.5, 0.6) is 0 Å². The summed E-state index contributed by atoms with van der Waals surface area (Å²) in [5.74, 6) is 0.0777. The van der Waals surface area contributed by atoms with Gasteiger partial charge in [-0.15, -0.1) is 0 Å². The predicted molar refractivity (Wildman–Crippen MR) is 119 cm³/mol. The number of nitrogens with zero attached hydrogens (tertiary/aromatic N) is 4. The first kappa shape index (κ1) is 20.5. The van der Waals surface area contributed by atoms with E-state index in [0.29, 0.717) is 16.7 Å². The maximum Gasteiger partial charge on any atom is 0.279 e. The molecule has 3 aromatic rings. The summed E-state index contributed by atoms with van der Waals surface area (Å²) in [6.45, 7) is 1.57. The first-order chi connectivity index (χ1) is 13.8. The summed E-state index contributed by atoms with van der Waals surface area (Å²) in [7, 11) is 3.93. The van der Waals surface area contributed by atoms with Crippen LogP contribution in [0.1, 0.15) is 11.4 Å². The molecule has 0 saturated heterocycles. The van der Waals surface area contributed by atoms with Gasteiger partial charge in [0.25, 0.3) is 11.5 Å². The zero-order valence-corrected chi connectivity index (χ0v) is 17.9. The Labute approximate surface area is 176 Å². The Bertz CT molecular complexity index is 1120. The fourth-order valence-electron chi connectivity index (χ4n) is 2.68. The van der Waals surface area contributed by atoms with Crippen molar-refractivity contribution in [1.82, 2.24) is 15.1 Å². The summed E-state index contributed by atoms with van der Waals surface area (Å²) >= 11 is 3.35. The van der Waals surface area contributed by atoms with Crippen molar-refractivity contribution in [2.45, 2.75) is 6.92 Å². The molecule has 0 fully saturated rings. The molecule has 0 spiro atoms. The fraction of sp³-hybridized carbons (Fsp3) is 0.200. The van der Waals surface area contributed by atoms with E-state index in [1.807, 2.05) is 49.3 Å². The van der Waals surface area contributed by atoms with E-state index >= 15 is 0 Å². The standard InChI is InChI=1S/C20H21BrN6O2/c1-13-24-18-9-6-15(21)10-17(18)20(29)27(13)23-12-19(28)25-22-11-14-4-7-16(8-5-14)26(2)3/h4-11,23H,12H2,1-3H3,(H,25,28)/b22-11+. The van der Waals surface area contributed by atoms with Crippen LogP contribution in [0.25, 0.3) is 10.9 Å². The number of aryl methyl sites for hydroxylation is 1. The molecule has 0 aliphatic rings. The van der Waals surface area contributed by atoms with Crippen LogP contribution in [0.15, 0.2) is 56.8 Å². The van der Waals surface area contributed by atoms with E-state index in [-0.39, 0.29) is 18.0 Å². The van der Waals surface area contributed by atoms with Crippen LogP contribution >= 0.6 is 15.9 Å². The number of nitrogens with one attached hydrogen (secondary N) is 2. The third-order valence-electron chi connectivity index (χ3n) is 4.21. The lowest BCUT2D eigenvalue weighted by molar-refractivity contribution is -0.119. The molecule has 0 saturated carbocycles. The Kier molecular flexibility index (Phi) is 6.28. The maximum absolute atomic E-state index is 12.7. The molecule has 9 heteroatoms. The molecule has 0 radical (unpaired) electrons. The van der Waals surface area contributed by atoms with E-state index in [1.54, 1.807) is 25.3 Å². The van der Waals surface area contributed by atoms with Crippen LogP contribution in [0.4, 0.5) is 5.69 Å². The maximum atomic E-state index is 12.7. The number of benzene rings is 2. The van der Waals surface area contributed by atoms with E-state index in [0.717, 1.165) is 15.7 Å². The summed E-state index contributed by atoms with van der Waals surface area (Å²) in [5.41, 5.74) is 7.50. The van der Waals surface area contributed by atoms with Crippen LogP contribution in [0.2, 0.25) is 0 Å². The van der Waals surface area contributed by atoms with Gasteiger partial charge in [0, 0.05) is 24.3 Å². The molecule has 2 aromatic carbocycles. The number of amides is 1. The Balaban J connectivity index is 1.62. The first-order valence-electron chi connectivity index (χ1n) is 8.87. The van der Waals surface area contributed by atoms with Crippen molar-refractivity contribution in [1.29, 1.82) is 0 Å². The van der Waals surface area contributed by atoms with E-state index in [9.17, 15) is 9.59 Å². The Morgan fingerprint density at radius 2 is 1.97 bits per heavy atom. The number of fused-ring (bicyclic) bond motifs is 1. The molecule has 150 valence electrons. The number of carbonyl (C=O) groups excluding carboxylic acids is 1. The molecule has 29 heavy (non-hydrogen) atoms. The van der Waals surface area contributed by atoms with Crippen molar-refractivity contribution < 1.29 is 4.79 Å². The van der Waals surface area contributed by atoms with Crippen molar-refractivity contribution >= 4 is 44.6 Å². The van der Waals surface area contributed by atoms with Crippen molar-refractivity contribution in [2.75, 3.05) is 31.0 Å². The quantitative estimate of drug-likeness (QED) is 0.438. The Morgan fingerprint density at radius 3 is 2.66 bits per heavy atom. The minimum atomic E-state index is -0.383. The number of halogens is 1. The second-order valence-corrected chi connectivity index (χ2v) is 7.49. The molecule has 0 aliphatic carbocycles. The molecule has 0 atom stereocenters. The van der Waals surface area contributed by atoms with Gasteiger partial charge in [0.05, 0.1) is 17.1 Å². The van der Waals surface area contributed by atoms with E-state index in [4.69, 9.17) is 0 Å². The molecule has 8 nitrogen and oxygen atoms in total. The van der Waals surface area contributed by atoms with Crippen molar-refractivity contribution in [3.8, 4) is 0 Å². The lowest BCUT2D eigenvalue weighted by atomic mass is 10.2. The van der Waals surface area contributed by atoms with Crippen LogP contribution in [0.3, 0.4) is 0 Å². The van der Waals surface area contributed by atoms with E-state index < -0.39 is 0 Å². The average Bonchev–Trinajstić information content (AvgIpc) is 2.69. The Hall–Kier alpha value is -3.20. The summed E-state index contributed by atoms with van der Waals surface area (Å²) in [6, 6.07) is 13.0. The van der Waals surface area contributed by atoms with Crippen LogP contribution in [-0.2, 0) is 4.79 Å². The zero-order chi connectivity index (χ0) is 21.0. The van der Waals surface area contributed by atoms with Gasteiger partial charge in [0.2, 0.25) is 0 Å². The van der Waals surface area contributed by atoms with Crippen molar-refractivity contribution in [3.05, 3.63) is 68.7 Å². The zero-order valence-electron chi connectivity index (χ0n) is 16.3. The summed E-state index contributed by atoms with van der Waals surface area (Å²) in [4.78, 5) is 31.1. The van der Waals surface area contributed by atoms with Gasteiger partial charge in [-0.3, -0.25) is 9.59 Å². The number of anilines is 1. The number of rotatable bonds is 6. The van der Waals surface area contributed by atoms with Gasteiger partial charge in [-0.25, -0.2) is 15.1 Å². The summed E-state index contributed by atoms with van der Waals surface area (Å²) in [5, 5.41) is 4.40. The molecule has 0 bridgehead atoms. The molecule has 1 aromatic heterocycles. The minimum absolute atomic E-state index is 0.126. The third kappa shape index (κ3) is 5.00. The van der Waals surface area contributed by atoms with Gasteiger partial charge in [-0.05, 0) is 42.8 Å². The van der Waals surface area contributed by atoms with Crippen LogP contribution in [0, 0.1) is 6.92 Å². The highest BCUT2D eigenvalue weighted by Crippen LogP contribution is 2.15. The van der Waals surface area contributed by atoms with Crippen molar-refractivity contribution in [2.24, 2.45) is 5.10 Å². The number of hydrogen-bond acceptors (Lipinski definition) is 6. The number of aromatic nitrogens is 2. The second-order valence-electron chi connectivity index (χ2n) is 6.58. The highest BCUT2D eigenvalue weighted by molar-refractivity contribution is 9.10. The molecular formula is C20H21BrN6O2. The largest absolute Gasteiger partial charge is 0.378 e. The minimum Gasteiger partial charge on any atom is -0.378 e. The molecule has 0 aliphatic heterocycles. The topological polar surface area (TPSA) is 91.6 Å². The number of hydrazone groups is 1. The molecule has 3 rings (SSSR count). The van der Waals surface area contributed by atoms with Gasteiger partial charge < -0.3 is 10.3 Å². The normalized spacial score (nSPS) is 11.0.